The summed E-state index contributed by atoms with van der Waals surface area (Å²) in [5.74, 6) is 1.88. The summed E-state index contributed by atoms with van der Waals surface area (Å²) in [6, 6.07) is 14.5. The molecule has 2 N–H and O–H groups in total. The average molecular weight is 460 g/mol. The van der Waals surface area contributed by atoms with Gasteiger partial charge in [0.2, 0.25) is 5.95 Å². The number of urea groups is 1. The number of hydrogen-bond donors (Lipinski definition) is 2. The molecule has 4 aromatic rings. The van der Waals surface area contributed by atoms with Gasteiger partial charge in [0.25, 0.3) is 0 Å². The molecule has 0 bridgehead atoms. The number of ether oxygens (including phenoxy) is 1. The van der Waals surface area contributed by atoms with Gasteiger partial charge in [-0.2, -0.15) is 9.97 Å². The minimum absolute atomic E-state index is 0.330. The van der Waals surface area contributed by atoms with Crippen LogP contribution in [0.25, 0.3) is 22.1 Å². The van der Waals surface area contributed by atoms with E-state index in [1.54, 1.807) is 35.9 Å². The summed E-state index contributed by atoms with van der Waals surface area (Å²) < 4.78 is 5.47. The molecule has 1 saturated heterocycles. The number of nitrogens with zero attached hydrogens (tertiary/aromatic N) is 5. The molecule has 0 aliphatic carbocycles. The van der Waals surface area contributed by atoms with Gasteiger partial charge in [-0.25, -0.2) is 9.78 Å². The number of aromatic nitrogens is 4. The SMILES string of the molecule is O=C(Nc1ccncc1)Nc1ccc(-c2nc(-c3cccs3)nc(N3CCOCC3)n2)cc1. The average Bonchev–Trinajstić information content (AvgIpc) is 3.41. The van der Waals surface area contributed by atoms with Gasteiger partial charge in [0.05, 0.1) is 18.1 Å². The van der Waals surface area contributed by atoms with Crippen molar-refractivity contribution in [3.63, 3.8) is 0 Å². The number of carbonyl (C=O) groups is 1. The van der Waals surface area contributed by atoms with Crippen molar-refractivity contribution in [1.29, 1.82) is 0 Å². The maximum atomic E-state index is 12.2. The molecule has 166 valence electrons. The Kier molecular flexibility index (Phi) is 6.18. The van der Waals surface area contributed by atoms with Crippen molar-refractivity contribution in [1.82, 2.24) is 19.9 Å². The van der Waals surface area contributed by atoms with E-state index >= 15 is 0 Å². The lowest BCUT2D eigenvalue weighted by atomic mass is 10.2. The minimum Gasteiger partial charge on any atom is -0.378 e. The molecule has 1 aromatic carbocycles. The van der Waals surface area contributed by atoms with E-state index in [2.05, 4.69) is 20.5 Å². The lowest BCUT2D eigenvalue weighted by Gasteiger charge is -2.27. The fourth-order valence-corrected chi connectivity index (χ4v) is 4.00. The van der Waals surface area contributed by atoms with Gasteiger partial charge in [0, 0.05) is 42.4 Å². The highest BCUT2D eigenvalue weighted by Crippen LogP contribution is 2.27. The molecule has 0 atom stereocenters. The Morgan fingerprint density at radius 2 is 1.58 bits per heavy atom. The predicted octanol–water partition coefficient (Wildman–Crippen LogP) is 4.14. The summed E-state index contributed by atoms with van der Waals surface area (Å²) >= 11 is 1.59. The van der Waals surface area contributed by atoms with E-state index in [9.17, 15) is 4.79 Å². The van der Waals surface area contributed by atoms with Crippen LogP contribution in [0.4, 0.5) is 22.1 Å². The molecule has 1 aliphatic rings. The second kappa shape index (κ2) is 9.72. The van der Waals surface area contributed by atoms with Crippen molar-refractivity contribution in [2.75, 3.05) is 41.8 Å². The first kappa shape index (κ1) is 21.0. The van der Waals surface area contributed by atoms with Crippen LogP contribution in [-0.2, 0) is 4.74 Å². The van der Waals surface area contributed by atoms with Crippen LogP contribution in [0.3, 0.4) is 0 Å². The van der Waals surface area contributed by atoms with Crippen LogP contribution in [0.2, 0.25) is 0 Å². The zero-order valence-electron chi connectivity index (χ0n) is 17.6. The number of thiophene rings is 1. The summed E-state index contributed by atoms with van der Waals surface area (Å²) in [6.45, 7) is 2.78. The zero-order chi connectivity index (χ0) is 22.5. The summed E-state index contributed by atoms with van der Waals surface area (Å²) in [7, 11) is 0. The fourth-order valence-electron chi connectivity index (χ4n) is 3.35. The number of benzene rings is 1. The monoisotopic (exact) mass is 459 g/mol. The number of pyridine rings is 1. The molecule has 0 saturated carbocycles. The lowest BCUT2D eigenvalue weighted by Crippen LogP contribution is -2.37. The van der Waals surface area contributed by atoms with Crippen LogP contribution >= 0.6 is 11.3 Å². The highest BCUT2D eigenvalue weighted by atomic mass is 32.1. The maximum Gasteiger partial charge on any atom is 0.323 e. The van der Waals surface area contributed by atoms with Crippen LogP contribution < -0.4 is 15.5 Å². The van der Waals surface area contributed by atoms with Crippen LogP contribution in [0.1, 0.15) is 0 Å². The number of rotatable bonds is 5. The van der Waals surface area contributed by atoms with Crippen molar-refractivity contribution < 1.29 is 9.53 Å². The Balaban J connectivity index is 1.37. The van der Waals surface area contributed by atoms with Gasteiger partial charge in [-0.05, 0) is 47.8 Å². The van der Waals surface area contributed by atoms with Gasteiger partial charge in [-0.15, -0.1) is 11.3 Å². The van der Waals surface area contributed by atoms with E-state index in [0.717, 1.165) is 23.5 Å². The Morgan fingerprint density at radius 1 is 0.879 bits per heavy atom. The Bertz CT molecular complexity index is 1210. The van der Waals surface area contributed by atoms with Gasteiger partial charge in [-0.3, -0.25) is 4.98 Å². The molecule has 0 radical (unpaired) electrons. The molecule has 9 nitrogen and oxygen atoms in total. The summed E-state index contributed by atoms with van der Waals surface area (Å²) in [5, 5.41) is 7.59. The Hall–Kier alpha value is -3.89. The van der Waals surface area contributed by atoms with Gasteiger partial charge in [0.15, 0.2) is 11.6 Å². The highest BCUT2D eigenvalue weighted by molar-refractivity contribution is 7.13. The van der Waals surface area contributed by atoms with Crippen LogP contribution in [0.5, 0.6) is 0 Å². The first-order chi connectivity index (χ1) is 16.2. The molecule has 3 aromatic heterocycles. The summed E-state index contributed by atoms with van der Waals surface area (Å²) in [6.07, 6.45) is 3.24. The molecular weight excluding hydrogens is 438 g/mol. The molecular formula is C23H21N7O2S. The van der Waals surface area contributed by atoms with E-state index in [1.165, 1.54) is 0 Å². The predicted molar refractivity (Wildman–Crippen MR) is 128 cm³/mol. The van der Waals surface area contributed by atoms with Crippen molar-refractivity contribution in [3.8, 4) is 22.1 Å². The van der Waals surface area contributed by atoms with Crippen molar-refractivity contribution >= 4 is 34.7 Å². The van der Waals surface area contributed by atoms with Crippen molar-refractivity contribution in [2.45, 2.75) is 0 Å². The number of morpholine rings is 1. The van der Waals surface area contributed by atoms with Gasteiger partial charge < -0.3 is 20.3 Å². The third-order valence-corrected chi connectivity index (χ3v) is 5.86. The molecule has 1 aliphatic heterocycles. The van der Waals surface area contributed by atoms with Crippen LogP contribution in [0, 0.1) is 0 Å². The number of anilines is 3. The molecule has 4 heterocycles. The quantitative estimate of drug-likeness (QED) is 0.462. The van der Waals surface area contributed by atoms with E-state index in [1.807, 2.05) is 41.8 Å². The minimum atomic E-state index is -0.330. The molecule has 33 heavy (non-hydrogen) atoms. The third kappa shape index (κ3) is 5.13. The maximum absolute atomic E-state index is 12.2. The van der Waals surface area contributed by atoms with Crippen LogP contribution in [-0.4, -0.2) is 52.3 Å². The molecule has 0 spiro atoms. The normalized spacial score (nSPS) is 13.5. The molecule has 10 heteroatoms. The second-order valence-electron chi connectivity index (χ2n) is 7.25. The van der Waals surface area contributed by atoms with Crippen molar-refractivity contribution in [3.05, 3.63) is 66.3 Å². The summed E-state index contributed by atoms with van der Waals surface area (Å²) in [5.41, 5.74) is 2.16. The highest BCUT2D eigenvalue weighted by Gasteiger charge is 2.18. The standard InChI is InChI=1S/C23H21N7O2S/c31-23(26-18-7-9-24-10-8-18)25-17-5-3-16(4-6-17)20-27-21(19-2-1-15-33-19)29-22(28-20)30-11-13-32-14-12-30/h1-10,15H,11-14H2,(H2,24,25,26,31). The van der Waals surface area contributed by atoms with Crippen LogP contribution in [0.15, 0.2) is 66.3 Å². The van der Waals surface area contributed by atoms with Crippen molar-refractivity contribution in [2.24, 2.45) is 0 Å². The number of hydrogen-bond acceptors (Lipinski definition) is 8. The molecule has 2 amide bonds. The fraction of sp³-hybridized carbons (Fsp3) is 0.174. The van der Waals surface area contributed by atoms with E-state index in [-0.39, 0.29) is 6.03 Å². The lowest BCUT2D eigenvalue weighted by molar-refractivity contribution is 0.122. The zero-order valence-corrected chi connectivity index (χ0v) is 18.5. The van der Waals surface area contributed by atoms with Gasteiger partial charge in [0.1, 0.15) is 0 Å². The summed E-state index contributed by atoms with van der Waals surface area (Å²) in [4.78, 5) is 33.4. The molecule has 1 fully saturated rings. The number of nitrogens with one attached hydrogen (secondary N) is 2. The molecule has 0 unspecified atom stereocenters. The smallest absolute Gasteiger partial charge is 0.323 e. The second-order valence-corrected chi connectivity index (χ2v) is 8.20. The van der Waals surface area contributed by atoms with E-state index in [4.69, 9.17) is 19.7 Å². The topological polar surface area (TPSA) is 105 Å². The van der Waals surface area contributed by atoms with Gasteiger partial charge in [-0.1, -0.05) is 6.07 Å². The largest absolute Gasteiger partial charge is 0.378 e. The Morgan fingerprint density at radius 3 is 2.27 bits per heavy atom. The van der Waals surface area contributed by atoms with E-state index < -0.39 is 0 Å². The van der Waals surface area contributed by atoms with E-state index in [0.29, 0.717) is 42.2 Å². The van der Waals surface area contributed by atoms with Gasteiger partial charge >= 0.3 is 6.03 Å². The first-order valence-electron chi connectivity index (χ1n) is 10.5. The first-order valence-corrected chi connectivity index (χ1v) is 11.3. The molecule has 5 rings (SSSR count). The third-order valence-electron chi connectivity index (χ3n) is 5.00. The number of carbonyl (C=O) groups excluding carboxylic acids is 1. The number of amides is 2. The Labute approximate surface area is 194 Å².